The van der Waals surface area contributed by atoms with Crippen molar-refractivity contribution in [1.29, 1.82) is 0 Å². The van der Waals surface area contributed by atoms with Gasteiger partial charge in [0.1, 0.15) is 11.3 Å². The Hall–Kier alpha value is -4.43. The van der Waals surface area contributed by atoms with E-state index in [4.69, 9.17) is 14.5 Å². The molecule has 2 aromatic heterocycles. The van der Waals surface area contributed by atoms with Crippen LogP contribution in [0, 0.1) is 0 Å². The highest BCUT2D eigenvalue weighted by atomic mass is 32.1. The minimum atomic E-state index is -0.943. The number of benzene rings is 3. The molecule has 5 aromatic rings. The van der Waals surface area contributed by atoms with E-state index < -0.39 is 5.97 Å². The Kier molecular flexibility index (Phi) is 7.80. The molecule has 0 radical (unpaired) electrons. The summed E-state index contributed by atoms with van der Waals surface area (Å²) in [4.78, 5) is 30.2. The van der Waals surface area contributed by atoms with E-state index in [1.54, 1.807) is 23.5 Å². The Morgan fingerprint density at radius 2 is 1.71 bits per heavy atom. The van der Waals surface area contributed by atoms with Crippen molar-refractivity contribution in [2.45, 2.75) is 19.4 Å². The molecule has 0 spiro atoms. The molecule has 192 valence electrons. The van der Waals surface area contributed by atoms with Gasteiger partial charge in [-0.25, -0.2) is 4.98 Å². The van der Waals surface area contributed by atoms with Gasteiger partial charge in [-0.15, -0.1) is 11.3 Å². The highest BCUT2D eigenvalue weighted by molar-refractivity contribution is 7.14. The van der Waals surface area contributed by atoms with Crippen LogP contribution >= 0.6 is 11.3 Å². The van der Waals surface area contributed by atoms with Crippen LogP contribution in [0.25, 0.3) is 22.4 Å². The van der Waals surface area contributed by atoms with Gasteiger partial charge in [0.05, 0.1) is 6.42 Å². The molecule has 38 heavy (non-hydrogen) atoms. The van der Waals surface area contributed by atoms with Crippen LogP contribution < -0.4 is 10.2 Å². The zero-order valence-electron chi connectivity index (χ0n) is 20.7. The molecule has 2 heterocycles. The summed E-state index contributed by atoms with van der Waals surface area (Å²) in [6.45, 7) is 1.50. The number of nitrogens with zero attached hydrogens (tertiary/aromatic N) is 2. The summed E-state index contributed by atoms with van der Waals surface area (Å²) in [5, 5.41) is 15.4. The highest BCUT2D eigenvalue weighted by Crippen LogP contribution is 2.32. The first-order chi connectivity index (χ1) is 18.5. The molecule has 5 rings (SSSR count). The molecule has 0 unspecified atom stereocenters. The summed E-state index contributed by atoms with van der Waals surface area (Å²) in [5.74, 6) is -0.481. The van der Waals surface area contributed by atoms with Crippen LogP contribution in [0.15, 0.2) is 94.7 Å². The molecule has 0 aliphatic carbocycles. The molecule has 0 atom stereocenters. The molecule has 0 saturated carbocycles. The van der Waals surface area contributed by atoms with Gasteiger partial charge < -0.3 is 19.7 Å². The van der Waals surface area contributed by atoms with Crippen LogP contribution in [0.4, 0.5) is 5.13 Å². The molecule has 2 N–H and O–H groups in total. The average Bonchev–Trinajstić information content (AvgIpc) is 3.59. The fraction of sp³-hybridized carbons (Fsp3) is 0.167. The van der Waals surface area contributed by atoms with Crippen LogP contribution in [-0.4, -0.2) is 35.1 Å². The maximum atomic E-state index is 12.3. The summed E-state index contributed by atoms with van der Waals surface area (Å²) >= 11 is 1.58. The molecular formula is C30H27N3O4S. The second kappa shape index (κ2) is 11.7. The fourth-order valence-corrected chi connectivity index (χ4v) is 4.99. The number of furan rings is 1. The smallest absolute Gasteiger partial charge is 0.305 e. The number of carboxylic acids is 1. The summed E-state index contributed by atoms with van der Waals surface area (Å²) in [6.07, 6.45) is 0.758. The van der Waals surface area contributed by atoms with Gasteiger partial charge in [0.2, 0.25) is 0 Å². The number of carbonyl (C=O) groups is 2. The first kappa shape index (κ1) is 25.2. The van der Waals surface area contributed by atoms with Gasteiger partial charge in [-0.3, -0.25) is 9.59 Å². The molecule has 0 bridgehead atoms. The van der Waals surface area contributed by atoms with E-state index in [2.05, 4.69) is 22.3 Å². The van der Waals surface area contributed by atoms with Crippen molar-refractivity contribution in [3.05, 3.63) is 107 Å². The molecule has 0 fully saturated rings. The first-order valence-electron chi connectivity index (χ1n) is 12.4. The summed E-state index contributed by atoms with van der Waals surface area (Å²) in [7, 11) is 0. The molecular weight excluding hydrogens is 498 g/mol. The number of carboxylic acid groups (broad SMARTS) is 1. The lowest BCUT2D eigenvalue weighted by Crippen LogP contribution is -2.26. The monoisotopic (exact) mass is 525 g/mol. The largest absolute Gasteiger partial charge is 0.481 e. The van der Waals surface area contributed by atoms with Gasteiger partial charge in [-0.2, -0.15) is 0 Å². The van der Waals surface area contributed by atoms with E-state index in [1.165, 1.54) is 5.56 Å². The molecule has 1 amide bonds. The predicted octanol–water partition coefficient (Wildman–Crippen LogP) is 6.01. The summed E-state index contributed by atoms with van der Waals surface area (Å²) in [5.41, 5.74) is 4.43. The number of rotatable bonds is 11. The minimum absolute atomic E-state index is 0.0980. The van der Waals surface area contributed by atoms with Crippen LogP contribution in [0.5, 0.6) is 0 Å². The van der Waals surface area contributed by atoms with Gasteiger partial charge in [0.15, 0.2) is 10.9 Å². The number of aliphatic carboxylic acids is 1. The van der Waals surface area contributed by atoms with Gasteiger partial charge >= 0.3 is 5.97 Å². The predicted molar refractivity (Wildman–Crippen MR) is 150 cm³/mol. The number of para-hydroxylation sites is 1. The third kappa shape index (κ3) is 6.27. The van der Waals surface area contributed by atoms with E-state index in [9.17, 15) is 9.59 Å². The Morgan fingerprint density at radius 1 is 0.947 bits per heavy atom. The van der Waals surface area contributed by atoms with Gasteiger partial charge in [-0.1, -0.05) is 60.7 Å². The van der Waals surface area contributed by atoms with Crippen LogP contribution in [0.3, 0.4) is 0 Å². The maximum absolute atomic E-state index is 12.3. The number of anilines is 1. The standard InChI is InChI=1S/C30H27N3O4S/c34-28(35)14-16-31-29(36)23-12-10-22(11-13-23)19-33(17-15-21-6-2-1-3-7-21)30-32-25(20-38-30)27-18-24-8-4-5-9-26(24)37-27/h1-13,18,20H,14-17,19H2,(H,31,36)(H,34,35). The third-order valence-corrected chi connectivity index (χ3v) is 7.07. The first-order valence-corrected chi connectivity index (χ1v) is 13.3. The molecule has 8 heteroatoms. The lowest BCUT2D eigenvalue weighted by Gasteiger charge is -2.22. The van der Waals surface area contributed by atoms with E-state index in [0.717, 1.165) is 46.1 Å². The Morgan fingerprint density at radius 3 is 2.47 bits per heavy atom. The Labute approximate surface area is 224 Å². The Bertz CT molecular complexity index is 1490. The number of amides is 1. The highest BCUT2D eigenvalue weighted by Gasteiger charge is 2.16. The fourth-order valence-electron chi connectivity index (χ4n) is 4.15. The second-order valence-electron chi connectivity index (χ2n) is 8.92. The van der Waals surface area contributed by atoms with Gasteiger partial charge in [0.25, 0.3) is 5.91 Å². The normalized spacial score (nSPS) is 10.9. The van der Waals surface area contributed by atoms with Crippen molar-refractivity contribution in [2.75, 3.05) is 18.0 Å². The maximum Gasteiger partial charge on any atom is 0.305 e. The van der Waals surface area contributed by atoms with Crippen molar-refractivity contribution in [2.24, 2.45) is 0 Å². The van der Waals surface area contributed by atoms with Crippen molar-refractivity contribution >= 4 is 39.3 Å². The zero-order chi connectivity index (χ0) is 26.3. The van der Waals surface area contributed by atoms with Crippen molar-refractivity contribution in [1.82, 2.24) is 10.3 Å². The molecule has 0 aliphatic heterocycles. The lowest BCUT2D eigenvalue weighted by molar-refractivity contribution is -0.136. The van der Waals surface area contributed by atoms with E-state index >= 15 is 0 Å². The van der Waals surface area contributed by atoms with Crippen LogP contribution in [-0.2, 0) is 17.8 Å². The van der Waals surface area contributed by atoms with Gasteiger partial charge in [-0.05, 0) is 41.8 Å². The number of hydrogen-bond acceptors (Lipinski definition) is 6. The zero-order valence-corrected chi connectivity index (χ0v) is 21.5. The number of fused-ring (bicyclic) bond motifs is 1. The number of aromatic nitrogens is 1. The quantitative estimate of drug-likeness (QED) is 0.219. The van der Waals surface area contributed by atoms with Gasteiger partial charge in [0, 0.05) is 36.0 Å². The van der Waals surface area contributed by atoms with E-state index in [1.807, 2.05) is 66.0 Å². The Balaban J connectivity index is 1.33. The van der Waals surface area contributed by atoms with E-state index in [0.29, 0.717) is 12.1 Å². The second-order valence-corrected chi connectivity index (χ2v) is 9.75. The number of thiazole rings is 1. The summed E-state index contributed by atoms with van der Waals surface area (Å²) in [6, 6.07) is 27.7. The molecule has 0 aliphatic rings. The van der Waals surface area contributed by atoms with Crippen molar-refractivity contribution in [3.63, 3.8) is 0 Å². The average molecular weight is 526 g/mol. The topological polar surface area (TPSA) is 95.7 Å². The minimum Gasteiger partial charge on any atom is -0.481 e. The third-order valence-electron chi connectivity index (χ3n) is 6.17. The molecule has 0 saturated heterocycles. The summed E-state index contributed by atoms with van der Waals surface area (Å²) < 4.78 is 6.03. The lowest BCUT2D eigenvalue weighted by atomic mass is 10.1. The van der Waals surface area contributed by atoms with Crippen molar-refractivity contribution < 1.29 is 19.1 Å². The molecule has 7 nitrogen and oxygen atoms in total. The molecule has 3 aromatic carbocycles. The van der Waals surface area contributed by atoms with E-state index in [-0.39, 0.29) is 18.9 Å². The number of carbonyl (C=O) groups excluding carboxylic acids is 1. The van der Waals surface area contributed by atoms with Crippen molar-refractivity contribution in [3.8, 4) is 11.5 Å². The van der Waals surface area contributed by atoms with Crippen LogP contribution in [0.1, 0.15) is 27.9 Å². The number of nitrogens with one attached hydrogen (secondary N) is 1. The van der Waals surface area contributed by atoms with Crippen LogP contribution in [0.2, 0.25) is 0 Å². The number of hydrogen-bond donors (Lipinski definition) is 2. The SMILES string of the molecule is O=C(O)CCNC(=O)c1ccc(CN(CCc2ccccc2)c2nc(-c3cc4ccccc4o3)cs2)cc1.